The topological polar surface area (TPSA) is 29.5 Å². The zero-order valence-corrected chi connectivity index (χ0v) is 10.5. The second kappa shape index (κ2) is 5.96. The van der Waals surface area contributed by atoms with Crippen molar-refractivity contribution in [1.29, 1.82) is 0 Å². The first-order chi connectivity index (χ1) is 9.53. The quantitative estimate of drug-likeness (QED) is 0.909. The molecule has 0 fully saturated rings. The Bertz CT molecular complexity index is 571. The summed E-state index contributed by atoms with van der Waals surface area (Å²) in [6.45, 7) is -1.36. The molecule has 0 saturated heterocycles. The molecular formula is C15H13F3O2. The van der Waals surface area contributed by atoms with Gasteiger partial charge in [-0.15, -0.1) is 0 Å². The summed E-state index contributed by atoms with van der Waals surface area (Å²) >= 11 is 0. The lowest BCUT2D eigenvalue weighted by Gasteiger charge is -2.18. The van der Waals surface area contributed by atoms with Crippen LogP contribution >= 0.6 is 0 Å². The van der Waals surface area contributed by atoms with Gasteiger partial charge in [0.2, 0.25) is 0 Å². The van der Waals surface area contributed by atoms with Crippen molar-refractivity contribution in [1.82, 2.24) is 0 Å². The highest BCUT2D eigenvalue weighted by Gasteiger charge is 2.32. The van der Waals surface area contributed by atoms with Crippen LogP contribution in [0.5, 0.6) is 5.75 Å². The monoisotopic (exact) mass is 282 g/mol. The summed E-state index contributed by atoms with van der Waals surface area (Å²) < 4.78 is 45.8. The minimum atomic E-state index is -3.16. The minimum absolute atomic E-state index is 0.0458. The van der Waals surface area contributed by atoms with Crippen LogP contribution in [-0.4, -0.2) is 11.7 Å². The summed E-state index contributed by atoms with van der Waals surface area (Å²) in [7, 11) is 0. The average molecular weight is 282 g/mol. The Labute approximate surface area is 114 Å². The first kappa shape index (κ1) is 14.4. The van der Waals surface area contributed by atoms with Crippen LogP contribution in [0.2, 0.25) is 0 Å². The van der Waals surface area contributed by atoms with Gasteiger partial charge in [-0.05, 0) is 18.2 Å². The van der Waals surface area contributed by atoms with E-state index in [0.29, 0.717) is 0 Å². The van der Waals surface area contributed by atoms with Gasteiger partial charge in [-0.2, -0.15) is 8.78 Å². The van der Waals surface area contributed by atoms with Crippen LogP contribution in [0.1, 0.15) is 11.1 Å². The molecule has 0 aliphatic rings. The van der Waals surface area contributed by atoms with Crippen LogP contribution < -0.4 is 4.74 Å². The van der Waals surface area contributed by atoms with E-state index in [9.17, 15) is 13.2 Å². The third kappa shape index (κ3) is 3.30. The molecule has 2 rings (SSSR count). The van der Waals surface area contributed by atoms with Gasteiger partial charge in [-0.25, -0.2) is 4.39 Å². The molecule has 0 aliphatic carbocycles. The number of benzene rings is 2. The van der Waals surface area contributed by atoms with E-state index in [-0.39, 0.29) is 16.9 Å². The molecular weight excluding hydrogens is 269 g/mol. The Morgan fingerprint density at radius 1 is 1.05 bits per heavy atom. The van der Waals surface area contributed by atoms with Gasteiger partial charge in [0.1, 0.15) is 11.6 Å². The second-order valence-electron chi connectivity index (χ2n) is 4.27. The molecule has 2 aromatic carbocycles. The molecule has 1 N–H and O–H groups in total. The predicted molar refractivity (Wildman–Crippen MR) is 68.2 cm³/mol. The van der Waals surface area contributed by atoms with E-state index in [0.717, 1.165) is 12.1 Å². The van der Waals surface area contributed by atoms with Crippen molar-refractivity contribution in [3.05, 3.63) is 65.5 Å². The van der Waals surface area contributed by atoms with E-state index in [1.165, 1.54) is 30.3 Å². The van der Waals surface area contributed by atoms with Crippen LogP contribution in [0.25, 0.3) is 0 Å². The van der Waals surface area contributed by atoms with E-state index in [1.807, 2.05) is 0 Å². The van der Waals surface area contributed by atoms with Crippen molar-refractivity contribution >= 4 is 0 Å². The molecule has 0 aliphatic heterocycles. The lowest BCUT2D eigenvalue weighted by atomic mass is 10.1. The molecule has 0 saturated carbocycles. The molecule has 2 aromatic rings. The van der Waals surface area contributed by atoms with E-state index < -0.39 is 25.0 Å². The number of rotatable bonds is 5. The fourth-order valence-electron chi connectivity index (χ4n) is 1.75. The summed E-state index contributed by atoms with van der Waals surface area (Å²) in [6, 6.07) is 10.7. The number of alkyl halides is 2. The lowest BCUT2D eigenvalue weighted by molar-refractivity contribution is -0.0471. The molecule has 106 valence electrons. The van der Waals surface area contributed by atoms with Gasteiger partial charge in [0.25, 0.3) is 0 Å². The molecule has 20 heavy (non-hydrogen) atoms. The van der Waals surface area contributed by atoms with Gasteiger partial charge in [-0.1, -0.05) is 30.3 Å². The zero-order valence-electron chi connectivity index (χ0n) is 10.5. The zero-order chi connectivity index (χ0) is 14.6. The second-order valence-corrected chi connectivity index (χ2v) is 4.27. The Morgan fingerprint density at radius 2 is 1.75 bits per heavy atom. The SMILES string of the molecule is OCc1cc(F)ccc1OCC(F)(F)c1ccccc1. The fourth-order valence-corrected chi connectivity index (χ4v) is 1.75. The maximum absolute atomic E-state index is 13.9. The van der Waals surface area contributed by atoms with Crippen molar-refractivity contribution in [2.45, 2.75) is 12.5 Å². The maximum atomic E-state index is 13.9. The summed E-state index contributed by atoms with van der Waals surface area (Å²) in [5.41, 5.74) is -0.0264. The number of halogens is 3. The fraction of sp³-hybridized carbons (Fsp3) is 0.200. The Morgan fingerprint density at radius 3 is 2.40 bits per heavy atom. The van der Waals surface area contributed by atoms with Crippen molar-refractivity contribution in [2.24, 2.45) is 0 Å². The van der Waals surface area contributed by atoms with Crippen molar-refractivity contribution in [3.8, 4) is 5.75 Å². The summed E-state index contributed by atoms with van der Waals surface area (Å²) in [6.07, 6.45) is 0. The van der Waals surface area contributed by atoms with Gasteiger partial charge in [0.15, 0.2) is 6.61 Å². The number of hydrogen-bond donors (Lipinski definition) is 1. The minimum Gasteiger partial charge on any atom is -0.487 e. The number of ether oxygens (including phenoxy) is 1. The van der Waals surface area contributed by atoms with Gasteiger partial charge < -0.3 is 9.84 Å². The number of aliphatic hydroxyl groups excluding tert-OH is 1. The van der Waals surface area contributed by atoms with Crippen LogP contribution in [-0.2, 0) is 12.5 Å². The summed E-state index contributed by atoms with van der Waals surface area (Å²) in [5.74, 6) is -3.68. The average Bonchev–Trinajstić information content (AvgIpc) is 2.46. The lowest BCUT2D eigenvalue weighted by Crippen LogP contribution is -2.23. The molecule has 0 bridgehead atoms. The smallest absolute Gasteiger partial charge is 0.306 e. The summed E-state index contributed by atoms with van der Waals surface area (Å²) in [4.78, 5) is 0. The normalized spacial score (nSPS) is 11.4. The van der Waals surface area contributed by atoms with E-state index in [1.54, 1.807) is 6.07 Å². The largest absolute Gasteiger partial charge is 0.487 e. The molecule has 0 amide bonds. The summed E-state index contributed by atoms with van der Waals surface area (Å²) in [5, 5.41) is 9.06. The first-order valence-corrected chi connectivity index (χ1v) is 5.98. The van der Waals surface area contributed by atoms with Gasteiger partial charge >= 0.3 is 5.92 Å². The van der Waals surface area contributed by atoms with Crippen molar-refractivity contribution < 1.29 is 23.0 Å². The maximum Gasteiger partial charge on any atom is 0.306 e. The van der Waals surface area contributed by atoms with E-state index >= 15 is 0 Å². The molecule has 0 atom stereocenters. The highest BCUT2D eigenvalue weighted by molar-refractivity contribution is 5.33. The molecule has 0 heterocycles. The molecule has 0 spiro atoms. The van der Waals surface area contributed by atoms with E-state index in [4.69, 9.17) is 9.84 Å². The first-order valence-electron chi connectivity index (χ1n) is 5.98. The Balaban J connectivity index is 2.12. The third-order valence-electron chi connectivity index (χ3n) is 2.80. The highest BCUT2D eigenvalue weighted by Crippen LogP contribution is 2.29. The molecule has 0 radical (unpaired) electrons. The number of aliphatic hydroxyl groups is 1. The van der Waals surface area contributed by atoms with Crippen LogP contribution in [0.4, 0.5) is 13.2 Å². The number of hydrogen-bond acceptors (Lipinski definition) is 2. The molecule has 2 nitrogen and oxygen atoms in total. The van der Waals surface area contributed by atoms with Crippen LogP contribution in [0, 0.1) is 5.82 Å². The van der Waals surface area contributed by atoms with Crippen LogP contribution in [0.15, 0.2) is 48.5 Å². The van der Waals surface area contributed by atoms with Crippen LogP contribution in [0.3, 0.4) is 0 Å². The van der Waals surface area contributed by atoms with Gasteiger partial charge in [0.05, 0.1) is 6.61 Å². The Hall–Kier alpha value is -2.01. The highest BCUT2D eigenvalue weighted by atomic mass is 19.3. The standard InChI is InChI=1S/C15H13F3O2/c16-13-6-7-14(11(8-13)9-19)20-10-15(17,18)12-4-2-1-3-5-12/h1-8,19H,9-10H2. The molecule has 0 aromatic heterocycles. The van der Waals surface area contributed by atoms with Gasteiger partial charge in [0, 0.05) is 11.1 Å². The third-order valence-corrected chi connectivity index (χ3v) is 2.80. The van der Waals surface area contributed by atoms with Crippen molar-refractivity contribution in [3.63, 3.8) is 0 Å². The van der Waals surface area contributed by atoms with Crippen molar-refractivity contribution in [2.75, 3.05) is 6.61 Å². The van der Waals surface area contributed by atoms with E-state index in [2.05, 4.69) is 0 Å². The molecule has 0 unspecified atom stereocenters. The predicted octanol–water partition coefficient (Wildman–Crippen LogP) is 3.49. The van der Waals surface area contributed by atoms with Gasteiger partial charge in [-0.3, -0.25) is 0 Å². The molecule has 5 heteroatoms. The Kier molecular flexibility index (Phi) is 4.29.